The zero-order valence-corrected chi connectivity index (χ0v) is 13.1. The molecule has 2 unspecified atom stereocenters. The van der Waals surface area contributed by atoms with Gasteiger partial charge in [0.1, 0.15) is 0 Å². The molecule has 5 heteroatoms. The molecular formula is C13H25N3OS. The summed E-state index contributed by atoms with van der Waals surface area (Å²) in [6.07, 6.45) is 3.80. The molecule has 0 radical (unpaired) electrons. The van der Waals surface area contributed by atoms with Crippen LogP contribution in [0.4, 0.5) is 0 Å². The van der Waals surface area contributed by atoms with Crippen LogP contribution in [-0.4, -0.2) is 32.0 Å². The molecule has 1 rings (SSSR count). The minimum absolute atomic E-state index is 0.0507. The zero-order valence-electron chi connectivity index (χ0n) is 12.3. The first-order chi connectivity index (χ1) is 8.20. The molecule has 0 amide bonds. The van der Waals surface area contributed by atoms with E-state index in [-0.39, 0.29) is 11.5 Å². The van der Waals surface area contributed by atoms with Crippen LogP contribution in [0.1, 0.15) is 39.0 Å². The Kier molecular flexibility index (Phi) is 5.10. The third-order valence-corrected chi connectivity index (χ3v) is 3.71. The molecule has 4 nitrogen and oxygen atoms in total. The van der Waals surface area contributed by atoms with Crippen molar-refractivity contribution in [2.24, 2.45) is 7.05 Å². The van der Waals surface area contributed by atoms with E-state index in [1.165, 1.54) is 5.56 Å². The summed E-state index contributed by atoms with van der Waals surface area (Å²) < 4.78 is 13.0. The van der Waals surface area contributed by atoms with Gasteiger partial charge in [-0.2, -0.15) is 5.10 Å². The molecule has 1 heterocycles. The fraction of sp³-hybridized carbons (Fsp3) is 0.769. The summed E-state index contributed by atoms with van der Waals surface area (Å²) in [4.78, 5) is 0. The van der Waals surface area contributed by atoms with Crippen molar-refractivity contribution < 1.29 is 4.21 Å². The number of nitrogens with zero attached hydrogens (tertiary/aromatic N) is 2. The summed E-state index contributed by atoms with van der Waals surface area (Å²) in [6.45, 7) is 9.35. The zero-order chi connectivity index (χ0) is 13.9. The third kappa shape index (κ3) is 4.53. The average Bonchev–Trinajstić information content (AvgIpc) is 2.55. The van der Waals surface area contributed by atoms with E-state index in [1.807, 2.05) is 11.7 Å². The highest BCUT2D eigenvalue weighted by Crippen LogP contribution is 2.23. The molecule has 0 saturated carbocycles. The van der Waals surface area contributed by atoms with Crippen molar-refractivity contribution in [2.45, 2.75) is 45.7 Å². The van der Waals surface area contributed by atoms with E-state index in [0.29, 0.717) is 5.75 Å². The lowest BCUT2D eigenvalue weighted by Gasteiger charge is -2.19. The highest BCUT2D eigenvalue weighted by molar-refractivity contribution is 7.84. The predicted molar refractivity (Wildman–Crippen MR) is 77.1 cm³/mol. The van der Waals surface area contributed by atoms with E-state index in [0.717, 1.165) is 12.2 Å². The Morgan fingerprint density at radius 1 is 1.50 bits per heavy atom. The molecule has 18 heavy (non-hydrogen) atoms. The van der Waals surface area contributed by atoms with Gasteiger partial charge in [0.05, 0.1) is 5.69 Å². The molecule has 1 aromatic heterocycles. The first kappa shape index (κ1) is 15.4. The minimum atomic E-state index is -0.754. The van der Waals surface area contributed by atoms with Gasteiger partial charge in [0, 0.05) is 59.6 Å². The molecule has 0 spiro atoms. The number of aryl methyl sites for hydroxylation is 1. The fourth-order valence-electron chi connectivity index (χ4n) is 1.99. The first-order valence-electron chi connectivity index (χ1n) is 6.26. The summed E-state index contributed by atoms with van der Waals surface area (Å²) in [7, 11) is 1.19. The Morgan fingerprint density at radius 3 is 2.61 bits per heavy atom. The molecule has 1 aromatic rings. The maximum Gasteiger partial charge on any atom is 0.0722 e. The summed E-state index contributed by atoms with van der Waals surface area (Å²) in [6, 6.07) is 0.254. The Hall–Kier alpha value is -0.680. The molecule has 0 aliphatic carbocycles. The largest absolute Gasteiger partial charge is 0.309 e. The average molecular weight is 271 g/mol. The molecule has 104 valence electrons. The van der Waals surface area contributed by atoms with E-state index in [2.05, 4.69) is 44.3 Å². The van der Waals surface area contributed by atoms with Crippen LogP contribution in [0.2, 0.25) is 0 Å². The number of nitrogens with one attached hydrogen (secondary N) is 1. The van der Waals surface area contributed by atoms with E-state index < -0.39 is 10.8 Å². The normalized spacial score (nSPS) is 15.7. The van der Waals surface area contributed by atoms with E-state index in [4.69, 9.17) is 0 Å². The summed E-state index contributed by atoms with van der Waals surface area (Å²) >= 11 is 0. The molecule has 2 atom stereocenters. The van der Waals surface area contributed by atoms with Crippen molar-refractivity contribution in [1.29, 1.82) is 0 Å². The monoisotopic (exact) mass is 271 g/mol. The molecule has 0 aliphatic rings. The van der Waals surface area contributed by atoms with E-state index in [9.17, 15) is 4.21 Å². The van der Waals surface area contributed by atoms with Gasteiger partial charge in [-0.3, -0.25) is 8.89 Å². The van der Waals surface area contributed by atoms with Crippen molar-refractivity contribution in [3.63, 3.8) is 0 Å². The van der Waals surface area contributed by atoms with Crippen LogP contribution in [0.5, 0.6) is 0 Å². The smallest absolute Gasteiger partial charge is 0.0722 e. The Labute approximate surface area is 113 Å². The SMILES string of the molecule is CC(CS(C)=O)NCc1cn(C)nc1C(C)(C)C. The maximum atomic E-state index is 11.2. The van der Waals surface area contributed by atoms with Crippen molar-refractivity contribution in [3.8, 4) is 0 Å². The number of rotatable bonds is 5. The van der Waals surface area contributed by atoms with Crippen LogP contribution >= 0.6 is 0 Å². The Morgan fingerprint density at radius 2 is 2.11 bits per heavy atom. The second-order valence-corrected chi connectivity index (χ2v) is 7.43. The summed E-state index contributed by atoms with van der Waals surface area (Å²) in [5, 5.41) is 7.95. The standard InChI is InChI=1S/C13H25N3OS/c1-10(9-18(6)17)14-7-11-8-16(5)15-12(11)13(2,3)4/h8,10,14H,7,9H2,1-6H3. The third-order valence-electron chi connectivity index (χ3n) is 2.74. The van der Waals surface area contributed by atoms with Crippen molar-refractivity contribution in [1.82, 2.24) is 15.1 Å². The van der Waals surface area contributed by atoms with Crippen molar-refractivity contribution in [2.75, 3.05) is 12.0 Å². The molecule has 0 saturated heterocycles. The molecule has 1 N–H and O–H groups in total. The maximum absolute atomic E-state index is 11.2. The van der Waals surface area contributed by atoms with Gasteiger partial charge in [-0.05, 0) is 6.92 Å². The summed E-state index contributed by atoms with van der Waals surface area (Å²) in [5.41, 5.74) is 2.40. The van der Waals surface area contributed by atoms with Gasteiger partial charge in [0.15, 0.2) is 0 Å². The van der Waals surface area contributed by atoms with Crippen LogP contribution in [-0.2, 0) is 29.8 Å². The minimum Gasteiger partial charge on any atom is -0.309 e. The van der Waals surface area contributed by atoms with Gasteiger partial charge in [-0.1, -0.05) is 20.8 Å². The van der Waals surface area contributed by atoms with Gasteiger partial charge in [0.2, 0.25) is 0 Å². The van der Waals surface area contributed by atoms with Gasteiger partial charge in [-0.15, -0.1) is 0 Å². The van der Waals surface area contributed by atoms with Crippen molar-refractivity contribution >= 4 is 10.8 Å². The fourth-order valence-corrected chi connectivity index (χ4v) is 2.82. The van der Waals surface area contributed by atoms with Gasteiger partial charge in [0.25, 0.3) is 0 Å². The quantitative estimate of drug-likeness (QED) is 0.884. The summed E-state index contributed by atoms with van der Waals surface area (Å²) in [5.74, 6) is 0.686. The van der Waals surface area contributed by atoms with Crippen LogP contribution in [0.25, 0.3) is 0 Å². The van der Waals surface area contributed by atoms with E-state index in [1.54, 1.807) is 6.26 Å². The van der Waals surface area contributed by atoms with Crippen molar-refractivity contribution in [3.05, 3.63) is 17.5 Å². The topological polar surface area (TPSA) is 46.9 Å². The Bertz CT molecular complexity index is 420. The highest BCUT2D eigenvalue weighted by atomic mass is 32.2. The second kappa shape index (κ2) is 5.97. The van der Waals surface area contributed by atoms with Gasteiger partial charge in [-0.25, -0.2) is 0 Å². The van der Waals surface area contributed by atoms with Crippen LogP contribution in [0, 0.1) is 0 Å². The van der Waals surface area contributed by atoms with Crippen LogP contribution in [0.15, 0.2) is 6.20 Å². The first-order valence-corrected chi connectivity index (χ1v) is 7.99. The Balaban J connectivity index is 2.70. The predicted octanol–water partition coefficient (Wildman–Crippen LogP) is 1.57. The molecular weight excluding hydrogens is 246 g/mol. The molecule has 0 bridgehead atoms. The number of hydrogen-bond donors (Lipinski definition) is 1. The van der Waals surface area contributed by atoms with Gasteiger partial charge < -0.3 is 5.32 Å². The lowest BCUT2D eigenvalue weighted by Crippen LogP contribution is -2.31. The molecule has 0 aliphatic heterocycles. The van der Waals surface area contributed by atoms with Crippen LogP contribution < -0.4 is 5.32 Å². The van der Waals surface area contributed by atoms with Crippen LogP contribution in [0.3, 0.4) is 0 Å². The number of aromatic nitrogens is 2. The van der Waals surface area contributed by atoms with Gasteiger partial charge >= 0.3 is 0 Å². The molecule has 0 aromatic carbocycles. The number of hydrogen-bond acceptors (Lipinski definition) is 3. The lowest BCUT2D eigenvalue weighted by atomic mass is 9.89. The van der Waals surface area contributed by atoms with E-state index >= 15 is 0 Å². The highest BCUT2D eigenvalue weighted by Gasteiger charge is 2.21. The lowest BCUT2D eigenvalue weighted by molar-refractivity contribution is 0.535. The second-order valence-electron chi connectivity index (χ2n) is 5.95. The molecule has 0 fully saturated rings.